The van der Waals surface area contributed by atoms with E-state index in [1.54, 1.807) is 30.4 Å². The van der Waals surface area contributed by atoms with Gasteiger partial charge in [-0.1, -0.05) is 36.4 Å². The molecular weight excluding hydrogens is 456 g/mol. The van der Waals surface area contributed by atoms with E-state index in [1.165, 1.54) is 42.5 Å². The summed E-state index contributed by atoms with van der Waals surface area (Å²) in [5.74, 6) is -3.16. The van der Waals surface area contributed by atoms with Crippen molar-refractivity contribution in [1.82, 2.24) is 0 Å². The number of aliphatic carboxylic acids is 1. The maximum atomic E-state index is 11.6. The highest BCUT2D eigenvalue weighted by molar-refractivity contribution is 5.80. The summed E-state index contributed by atoms with van der Waals surface area (Å²) in [5, 5.41) is 67.7. The normalized spacial score (nSPS) is 12.3. The Hall–Kier alpha value is -4.63. The first-order valence-electron chi connectivity index (χ1n) is 10.4. The number of aromatic hydroxyl groups is 6. The molecule has 0 spiro atoms. The summed E-state index contributed by atoms with van der Waals surface area (Å²) in [6.07, 6.45) is 4.95. The highest BCUT2D eigenvalue weighted by Gasteiger charge is 2.19. The number of carboxylic acid groups (broad SMARTS) is 1. The van der Waals surface area contributed by atoms with Crippen LogP contribution in [0.3, 0.4) is 0 Å². The summed E-state index contributed by atoms with van der Waals surface area (Å²) in [6.45, 7) is -0.0857. The van der Waals surface area contributed by atoms with E-state index in [4.69, 9.17) is 4.74 Å². The summed E-state index contributed by atoms with van der Waals surface area (Å²) in [7, 11) is 0. The van der Waals surface area contributed by atoms with Crippen molar-refractivity contribution >= 4 is 24.2 Å². The van der Waals surface area contributed by atoms with Gasteiger partial charge in [0.05, 0.1) is 6.61 Å². The fourth-order valence-corrected chi connectivity index (χ4v) is 3.23. The van der Waals surface area contributed by atoms with Gasteiger partial charge in [-0.25, -0.2) is 4.79 Å². The van der Waals surface area contributed by atoms with Gasteiger partial charge in [0.15, 0.2) is 40.6 Å². The zero-order valence-corrected chi connectivity index (χ0v) is 18.4. The SMILES string of the molecule is O=C(O)[C@@H](Cc1ccc(O)c(O)c1)OC/C=C/c1ccc(O)c(O)c1/C=C/c1ccc(O)c(O)c1. The molecule has 35 heavy (non-hydrogen) atoms. The fourth-order valence-electron chi connectivity index (χ4n) is 3.23. The van der Waals surface area contributed by atoms with E-state index in [-0.39, 0.29) is 53.1 Å². The van der Waals surface area contributed by atoms with Crippen LogP contribution >= 0.6 is 0 Å². The number of carbonyl (C=O) groups is 1. The molecule has 0 unspecified atom stereocenters. The number of hydrogen-bond donors (Lipinski definition) is 7. The van der Waals surface area contributed by atoms with Crippen LogP contribution in [0, 0.1) is 0 Å². The lowest BCUT2D eigenvalue weighted by Crippen LogP contribution is -2.26. The molecule has 0 heterocycles. The second-order valence-corrected chi connectivity index (χ2v) is 7.61. The smallest absolute Gasteiger partial charge is 0.333 e. The highest BCUT2D eigenvalue weighted by Crippen LogP contribution is 2.34. The third-order valence-corrected chi connectivity index (χ3v) is 5.10. The number of ether oxygens (including phenoxy) is 1. The molecule has 0 bridgehead atoms. The zero-order valence-electron chi connectivity index (χ0n) is 18.4. The summed E-state index contributed by atoms with van der Waals surface area (Å²) < 4.78 is 5.43. The van der Waals surface area contributed by atoms with Crippen LogP contribution in [-0.4, -0.2) is 54.4 Å². The Balaban J connectivity index is 1.73. The van der Waals surface area contributed by atoms with Gasteiger partial charge < -0.3 is 40.5 Å². The van der Waals surface area contributed by atoms with Gasteiger partial charge in [0.2, 0.25) is 0 Å². The Bertz CT molecular complexity index is 1280. The minimum atomic E-state index is -1.21. The van der Waals surface area contributed by atoms with E-state index in [2.05, 4.69) is 0 Å². The Morgan fingerprint density at radius 3 is 2.09 bits per heavy atom. The number of hydrogen-bond acceptors (Lipinski definition) is 8. The monoisotopic (exact) mass is 480 g/mol. The highest BCUT2D eigenvalue weighted by atomic mass is 16.5. The molecule has 0 aliphatic rings. The third-order valence-electron chi connectivity index (χ3n) is 5.10. The third kappa shape index (κ3) is 6.46. The Labute approximate surface area is 200 Å². The van der Waals surface area contributed by atoms with E-state index < -0.39 is 12.1 Å². The number of phenolic OH excluding ortho intramolecular Hbond substituents is 6. The van der Waals surface area contributed by atoms with Crippen LogP contribution in [-0.2, 0) is 16.0 Å². The first-order chi connectivity index (χ1) is 16.7. The number of phenols is 6. The predicted octanol–water partition coefficient (Wildman–Crippen LogP) is 3.82. The molecule has 3 rings (SSSR count). The van der Waals surface area contributed by atoms with Crippen molar-refractivity contribution in [2.75, 3.05) is 6.61 Å². The zero-order chi connectivity index (χ0) is 25.5. The molecule has 7 N–H and O–H groups in total. The summed E-state index contributed by atoms with van der Waals surface area (Å²) in [6, 6.07) is 11.0. The average molecular weight is 480 g/mol. The van der Waals surface area contributed by atoms with E-state index in [0.717, 1.165) is 0 Å². The Morgan fingerprint density at radius 1 is 0.771 bits per heavy atom. The first kappa shape index (κ1) is 25.0. The quantitative estimate of drug-likeness (QED) is 0.178. The van der Waals surface area contributed by atoms with Crippen LogP contribution in [0.5, 0.6) is 34.5 Å². The molecule has 0 fully saturated rings. The second kappa shape index (κ2) is 11.0. The van der Waals surface area contributed by atoms with E-state index in [0.29, 0.717) is 16.7 Å². The molecule has 0 amide bonds. The van der Waals surface area contributed by atoms with Crippen molar-refractivity contribution in [1.29, 1.82) is 0 Å². The first-order valence-corrected chi connectivity index (χ1v) is 10.4. The molecule has 0 aromatic heterocycles. The molecule has 1 atom stereocenters. The van der Waals surface area contributed by atoms with Gasteiger partial charge in [-0.2, -0.15) is 0 Å². The average Bonchev–Trinajstić information content (AvgIpc) is 2.82. The minimum absolute atomic E-state index is 0.0372. The fraction of sp³-hybridized carbons (Fsp3) is 0.115. The number of rotatable bonds is 9. The van der Waals surface area contributed by atoms with Gasteiger partial charge in [-0.05, 0) is 53.1 Å². The van der Waals surface area contributed by atoms with Crippen LogP contribution in [0.2, 0.25) is 0 Å². The van der Waals surface area contributed by atoms with Crippen molar-refractivity contribution in [3.63, 3.8) is 0 Å². The molecule has 9 heteroatoms. The van der Waals surface area contributed by atoms with Crippen molar-refractivity contribution in [3.05, 3.63) is 76.9 Å². The standard InChI is InChI=1S/C26H24O9/c27-19-8-4-15(12-22(19)30)3-7-18-17(6-10-21(29)25(18)32)2-1-11-35-24(26(33)34)14-16-5-9-20(28)23(31)13-16/h1-10,12-13,24,27-32H,11,14H2,(H,33,34)/b2-1+,7-3+/t24-/m1/s1. The number of benzene rings is 3. The van der Waals surface area contributed by atoms with Gasteiger partial charge >= 0.3 is 5.97 Å². The van der Waals surface area contributed by atoms with Crippen molar-refractivity contribution in [3.8, 4) is 34.5 Å². The molecule has 0 saturated carbocycles. The van der Waals surface area contributed by atoms with Crippen LogP contribution < -0.4 is 0 Å². The molecular formula is C26H24O9. The Kier molecular flexibility index (Phi) is 7.85. The summed E-state index contributed by atoms with van der Waals surface area (Å²) in [4.78, 5) is 11.6. The van der Waals surface area contributed by atoms with Crippen molar-refractivity contribution in [2.24, 2.45) is 0 Å². The maximum absolute atomic E-state index is 11.6. The Morgan fingerprint density at radius 2 is 1.43 bits per heavy atom. The van der Waals surface area contributed by atoms with Gasteiger partial charge in [-0.15, -0.1) is 0 Å². The minimum Gasteiger partial charge on any atom is -0.504 e. The largest absolute Gasteiger partial charge is 0.504 e. The van der Waals surface area contributed by atoms with Gasteiger partial charge in [0, 0.05) is 12.0 Å². The molecule has 3 aromatic carbocycles. The van der Waals surface area contributed by atoms with E-state index in [1.807, 2.05) is 0 Å². The number of carboxylic acids is 1. The molecule has 3 aromatic rings. The topological polar surface area (TPSA) is 168 Å². The van der Waals surface area contributed by atoms with Crippen LogP contribution in [0.25, 0.3) is 18.2 Å². The summed E-state index contributed by atoms with van der Waals surface area (Å²) in [5.41, 5.74) is 1.76. The second-order valence-electron chi connectivity index (χ2n) is 7.61. The molecule has 182 valence electrons. The summed E-state index contributed by atoms with van der Waals surface area (Å²) >= 11 is 0. The molecule has 0 saturated heterocycles. The molecule has 0 aliphatic carbocycles. The maximum Gasteiger partial charge on any atom is 0.333 e. The lowest BCUT2D eigenvalue weighted by Gasteiger charge is -2.13. The molecule has 9 nitrogen and oxygen atoms in total. The predicted molar refractivity (Wildman–Crippen MR) is 128 cm³/mol. The van der Waals surface area contributed by atoms with Gasteiger partial charge in [0.1, 0.15) is 0 Å². The molecule has 0 aliphatic heterocycles. The van der Waals surface area contributed by atoms with Crippen molar-refractivity contribution in [2.45, 2.75) is 12.5 Å². The van der Waals surface area contributed by atoms with E-state index in [9.17, 15) is 40.5 Å². The van der Waals surface area contributed by atoms with Crippen LogP contribution in [0.4, 0.5) is 0 Å². The van der Waals surface area contributed by atoms with Gasteiger partial charge in [0.25, 0.3) is 0 Å². The van der Waals surface area contributed by atoms with E-state index >= 15 is 0 Å². The van der Waals surface area contributed by atoms with Crippen LogP contribution in [0.15, 0.2) is 54.6 Å². The lowest BCUT2D eigenvalue weighted by atomic mass is 10.0. The van der Waals surface area contributed by atoms with Crippen molar-refractivity contribution < 1.29 is 45.3 Å². The van der Waals surface area contributed by atoms with Crippen LogP contribution in [0.1, 0.15) is 22.3 Å². The van der Waals surface area contributed by atoms with Gasteiger partial charge in [-0.3, -0.25) is 0 Å². The molecule has 0 radical (unpaired) electrons. The lowest BCUT2D eigenvalue weighted by molar-refractivity contribution is -0.149.